The van der Waals surface area contributed by atoms with E-state index in [-0.39, 0.29) is 0 Å². The number of hydrogen-bond acceptors (Lipinski definition) is 3. The van der Waals surface area contributed by atoms with Crippen LogP contribution in [0.1, 0.15) is 0 Å². The third-order valence-electron chi connectivity index (χ3n) is 5.94. The average Bonchev–Trinajstić information content (AvgIpc) is 3.09. The Morgan fingerprint density at radius 3 is 1.97 bits per heavy atom. The minimum Gasteiger partial charge on any atom is -0.373 e. The molecular weight excluding hydrogens is 368 g/mol. The molecule has 4 aromatic rings. The molecule has 0 fully saturated rings. The van der Waals surface area contributed by atoms with E-state index in [1.807, 2.05) is 0 Å². The van der Waals surface area contributed by atoms with Crippen molar-refractivity contribution in [2.75, 3.05) is 57.6 Å². The van der Waals surface area contributed by atoms with E-state index >= 15 is 0 Å². The Labute approximate surface area is 179 Å². The van der Waals surface area contributed by atoms with Crippen LogP contribution in [-0.2, 0) is 6.54 Å². The molecule has 0 aliphatic heterocycles. The summed E-state index contributed by atoms with van der Waals surface area (Å²) in [4.78, 5) is 6.90. The molecule has 0 amide bonds. The van der Waals surface area contributed by atoms with Gasteiger partial charge in [0.25, 0.3) is 0 Å². The number of para-hydroxylation sites is 2. The Kier molecular flexibility index (Phi) is 5.96. The zero-order chi connectivity index (χ0) is 21.1. The SMILES string of the molecule is CN(C)CCn1c2ccccc2c2cc(N(C)CCN(C)c3ccccc3)ccc21. The summed E-state index contributed by atoms with van der Waals surface area (Å²) in [6, 6.07) is 26.2. The molecule has 3 aromatic carbocycles. The zero-order valence-electron chi connectivity index (χ0n) is 18.5. The second kappa shape index (κ2) is 8.80. The zero-order valence-corrected chi connectivity index (χ0v) is 18.5. The van der Waals surface area contributed by atoms with Crippen LogP contribution in [-0.4, -0.2) is 57.3 Å². The van der Waals surface area contributed by atoms with Crippen molar-refractivity contribution >= 4 is 33.2 Å². The maximum atomic E-state index is 2.46. The molecule has 0 unspecified atom stereocenters. The lowest BCUT2D eigenvalue weighted by Gasteiger charge is -2.25. The van der Waals surface area contributed by atoms with Gasteiger partial charge in [-0.3, -0.25) is 0 Å². The van der Waals surface area contributed by atoms with Gasteiger partial charge in [-0.25, -0.2) is 0 Å². The number of benzene rings is 3. The van der Waals surface area contributed by atoms with E-state index < -0.39 is 0 Å². The standard InChI is InChI=1S/C26H32N4/c1-27(2)16-19-30-25-13-9-8-12-23(25)24-20-22(14-15-26(24)30)29(4)18-17-28(3)21-10-6-5-7-11-21/h5-15,20H,16-19H2,1-4H3. The molecule has 0 aliphatic rings. The van der Waals surface area contributed by atoms with Crippen molar-refractivity contribution in [2.45, 2.75) is 6.54 Å². The van der Waals surface area contributed by atoms with Gasteiger partial charge >= 0.3 is 0 Å². The minimum atomic E-state index is 0.968. The number of rotatable bonds is 8. The van der Waals surface area contributed by atoms with Gasteiger partial charge < -0.3 is 19.3 Å². The van der Waals surface area contributed by atoms with E-state index in [9.17, 15) is 0 Å². The molecule has 0 atom stereocenters. The maximum Gasteiger partial charge on any atom is 0.0493 e. The third kappa shape index (κ3) is 4.14. The van der Waals surface area contributed by atoms with Crippen LogP contribution in [0.4, 0.5) is 11.4 Å². The second-order valence-corrected chi connectivity index (χ2v) is 8.35. The number of likely N-dealkylation sites (N-methyl/N-ethyl adjacent to an activating group) is 3. The van der Waals surface area contributed by atoms with Gasteiger partial charge in [0.2, 0.25) is 0 Å². The first-order valence-corrected chi connectivity index (χ1v) is 10.7. The fourth-order valence-corrected chi connectivity index (χ4v) is 4.06. The van der Waals surface area contributed by atoms with Crippen molar-refractivity contribution in [2.24, 2.45) is 0 Å². The molecule has 0 N–H and O–H groups in total. The largest absolute Gasteiger partial charge is 0.373 e. The Bertz CT molecular complexity index is 1110. The molecule has 1 heterocycles. The van der Waals surface area contributed by atoms with Crippen LogP contribution in [0.2, 0.25) is 0 Å². The quantitative estimate of drug-likeness (QED) is 0.417. The lowest BCUT2D eigenvalue weighted by molar-refractivity contribution is 0.389. The summed E-state index contributed by atoms with van der Waals surface area (Å²) < 4.78 is 2.46. The van der Waals surface area contributed by atoms with Crippen LogP contribution in [0.3, 0.4) is 0 Å². The summed E-state index contributed by atoms with van der Waals surface area (Å²) in [7, 11) is 8.61. The molecule has 0 saturated heterocycles. The summed E-state index contributed by atoms with van der Waals surface area (Å²) in [6.07, 6.45) is 0. The highest BCUT2D eigenvalue weighted by molar-refractivity contribution is 6.09. The van der Waals surface area contributed by atoms with E-state index in [1.54, 1.807) is 0 Å². The molecule has 0 saturated carbocycles. The van der Waals surface area contributed by atoms with E-state index in [2.05, 4.69) is 120 Å². The highest BCUT2D eigenvalue weighted by Crippen LogP contribution is 2.32. The number of fused-ring (bicyclic) bond motifs is 3. The van der Waals surface area contributed by atoms with Crippen molar-refractivity contribution < 1.29 is 0 Å². The normalized spacial score (nSPS) is 11.5. The van der Waals surface area contributed by atoms with Gasteiger partial charge in [0.15, 0.2) is 0 Å². The Morgan fingerprint density at radius 1 is 0.600 bits per heavy atom. The fourth-order valence-electron chi connectivity index (χ4n) is 4.06. The van der Waals surface area contributed by atoms with Gasteiger partial charge in [-0.05, 0) is 50.5 Å². The third-order valence-corrected chi connectivity index (χ3v) is 5.94. The van der Waals surface area contributed by atoms with Gasteiger partial charge in [0.1, 0.15) is 0 Å². The molecule has 0 bridgehead atoms. The van der Waals surface area contributed by atoms with E-state index in [4.69, 9.17) is 0 Å². The lowest BCUT2D eigenvalue weighted by atomic mass is 10.1. The monoisotopic (exact) mass is 400 g/mol. The van der Waals surface area contributed by atoms with Crippen molar-refractivity contribution in [1.29, 1.82) is 0 Å². The first-order valence-electron chi connectivity index (χ1n) is 10.7. The van der Waals surface area contributed by atoms with Crippen LogP contribution in [0, 0.1) is 0 Å². The van der Waals surface area contributed by atoms with Crippen molar-refractivity contribution in [3.8, 4) is 0 Å². The molecule has 0 aliphatic carbocycles. The first-order chi connectivity index (χ1) is 14.5. The van der Waals surface area contributed by atoms with Gasteiger partial charge in [0, 0.05) is 73.5 Å². The highest BCUT2D eigenvalue weighted by Gasteiger charge is 2.12. The van der Waals surface area contributed by atoms with Gasteiger partial charge in [0.05, 0.1) is 0 Å². The Hall–Kier alpha value is -2.98. The van der Waals surface area contributed by atoms with Crippen LogP contribution in [0.15, 0.2) is 72.8 Å². The average molecular weight is 401 g/mol. The van der Waals surface area contributed by atoms with E-state index in [1.165, 1.54) is 33.2 Å². The topological polar surface area (TPSA) is 14.7 Å². The summed E-state index contributed by atoms with van der Waals surface area (Å²) in [5.74, 6) is 0. The van der Waals surface area contributed by atoms with Crippen molar-refractivity contribution in [3.63, 3.8) is 0 Å². The minimum absolute atomic E-state index is 0.968. The number of nitrogens with zero attached hydrogens (tertiary/aromatic N) is 4. The second-order valence-electron chi connectivity index (χ2n) is 8.35. The van der Waals surface area contributed by atoms with E-state index in [0.29, 0.717) is 0 Å². The van der Waals surface area contributed by atoms with Crippen molar-refractivity contribution in [3.05, 3.63) is 72.8 Å². The van der Waals surface area contributed by atoms with E-state index in [0.717, 1.165) is 26.2 Å². The number of hydrogen-bond donors (Lipinski definition) is 0. The summed E-state index contributed by atoms with van der Waals surface area (Å²) in [5.41, 5.74) is 5.15. The summed E-state index contributed by atoms with van der Waals surface area (Å²) in [6.45, 7) is 3.97. The predicted molar refractivity (Wildman–Crippen MR) is 131 cm³/mol. The smallest absolute Gasteiger partial charge is 0.0493 e. The molecule has 0 radical (unpaired) electrons. The predicted octanol–water partition coefficient (Wildman–Crippen LogP) is 4.93. The first kappa shape index (κ1) is 20.3. The van der Waals surface area contributed by atoms with Crippen molar-refractivity contribution in [1.82, 2.24) is 9.47 Å². The van der Waals surface area contributed by atoms with Gasteiger partial charge in [-0.1, -0.05) is 36.4 Å². The van der Waals surface area contributed by atoms with Gasteiger partial charge in [-0.15, -0.1) is 0 Å². The summed E-state index contributed by atoms with van der Waals surface area (Å²) in [5, 5.41) is 2.67. The van der Waals surface area contributed by atoms with Crippen LogP contribution < -0.4 is 9.80 Å². The molecule has 4 nitrogen and oxygen atoms in total. The molecule has 30 heavy (non-hydrogen) atoms. The highest BCUT2D eigenvalue weighted by atomic mass is 15.2. The molecule has 4 heteroatoms. The molecule has 4 rings (SSSR count). The van der Waals surface area contributed by atoms with Gasteiger partial charge in [-0.2, -0.15) is 0 Å². The molecule has 156 valence electrons. The molecular formula is C26H32N4. The lowest BCUT2D eigenvalue weighted by Crippen LogP contribution is -2.30. The van der Waals surface area contributed by atoms with Crippen LogP contribution >= 0.6 is 0 Å². The molecule has 1 aromatic heterocycles. The Morgan fingerprint density at radius 2 is 1.23 bits per heavy atom. The molecule has 0 spiro atoms. The maximum absolute atomic E-state index is 2.46. The fraction of sp³-hybridized carbons (Fsp3) is 0.308. The Balaban J connectivity index is 1.59. The van der Waals surface area contributed by atoms with Crippen LogP contribution in [0.5, 0.6) is 0 Å². The van der Waals surface area contributed by atoms with Crippen LogP contribution in [0.25, 0.3) is 21.8 Å². The number of anilines is 2. The number of aromatic nitrogens is 1. The summed E-state index contributed by atoms with van der Waals surface area (Å²) >= 11 is 0.